The van der Waals surface area contributed by atoms with Gasteiger partial charge < -0.3 is 27.7 Å². The van der Waals surface area contributed by atoms with Crippen molar-refractivity contribution in [2.45, 2.75) is 0 Å². The fourth-order valence-corrected chi connectivity index (χ4v) is 11.3. The van der Waals surface area contributed by atoms with Crippen molar-refractivity contribution in [2.24, 2.45) is 0 Å². The van der Waals surface area contributed by atoms with Crippen molar-refractivity contribution in [1.29, 1.82) is 0 Å². The molecule has 0 saturated heterocycles. The Hall–Kier alpha value is -5.83. The smallest absolute Gasteiger partial charge is 0.515 e. The van der Waals surface area contributed by atoms with Crippen LogP contribution < -0.4 is 49.6 Å². The van der Waals surface area contributed by atoms with Crippen LogP contribution in [0.1, 0.15) is 0 Å². The van der Waals surface area contributed by atoms with E-state index in [9.17, 15) is 0 Å². The summed E-state index contributed by atoms with van der Waals surface area (Å²) >= 11 is 3.54. The zero-order chi connectivity index (χ0) is 34.9. The van der Waals surface area contributed by atoms with Crippen LogP contribution in [-0.4, -0.2) is 27.2 Å². The first-order valence-electron chi connectivity index (χ1n) is 17.4. The number of thiazole rings is 2. The average Bonchev–Trinajstić information content (AvgIpc) is 3.79. The van der Waals surface area contributed by atoms with Gasteiger partial charge in [0.05, 0.1) is 36.8 Å². The SMILES string of the molecule is COc1ccc2c(c1)-c1sc3c(sc4[n+]3[B-](c3ccccc3)(c3ccccc3)Oc3ccc(OC)cc3-4)[n+]1[B-](c1ccccc1)(c1ccccc1)O2. The van der Waals surface area contributed by atoms with Gasteiger partial charge in [-0.2, -0.15) is 0 Å². The number of hydrogen-bond donors (Lipinski definition) is 0. The van der Waals surface area contributed by atoms with E-state index in [-0.39, 0.29) is 0 Å². The van der Waals surface area contributed by atoms with Crippen LogP contribution in [0.3, 0.4) is 0 Å². The van der Waals surface area contributed by atoms with E-state index in [4.69, 9.17) is 18.8 Å². The largest absolute Gasteiger partial charge is 0.650 e. The van der Waals surface area contributed by atoms with Crippen LogP contribution in [0.4, 0.5) is 0 Å². The van der Waals surface area contributed by atoms with Crippen molar-refractivity contribution in [2.75, 3.05) is 14.2 Å². The van der Waals surface area contributed by atoms with E-state index in [1.807, 2.05) is 24.3 Å². The van der Waals surface area contributed by atoms with Gasteiger partial charge in [-0.05, 0) is 59.1 Å². The average molecular weight is 714 g/mol. The van der Waals surface area contributed by atoms with Crippen LogP contribution in [0.2, 0.25) is 0 Å². The maximum Gasteiger partial charge on any atom is 0.515 e. The summed E-state index contributed by atoms with van der Waals surface area (Å²) in [5.74, 6) is 3.18. The normalized spacial score (nSPS) is 14.6. The summed E-state index contributed by atoms with van der Waals surface area (Å²) in [6, 6.07) is 54.8. The minimum absolute atomic E-state index is 0.774. The fraction of sp³-hybridized carbons (Fsp3) is 0.0476. The highest BCUT2D eigenvalue weighted by Gasteiger charge is 2.57. The van der Waals surface area contributed by atoms with E-state index >= 15 is 0 Å². The second kappa shape index (κ2) is 11.9. The van der Waals surface area contributed by atoms with Crippen molar-refractivity contribution >= 4 is 67.2 Å². The molecular weight excluding hydrogens is 682 g/mol. The number of methoxy groups -OCH3 is 2. The number of fused-ring (bicyclic) bond motifs is 9. The zero-order valence-corrected chi connectivity index (χ0v) is 30.1. The molecule has 0 radical (unpaired) electrons. The minimum Gasteiger partial charge on any atom is -0.650 e. The standard InChI is InChI=1S/C42H32B2N2O4S2/c1-47-33-23-25-37-35(27-33)39-45(43(49-37,29-15-7-3-8-16-29)30-17-9-4-10-18-30)41-42(51-39)46-40(52-41)36-28-34(48-2)24-26-38(36)50-44(46,31-19-11-5-12-20-31)32-21-13-6-14-22-32/h3-28H,1-2H3. The van der Waals surface area contributed by atoms with Crippen molar-refractivity contribution in [3.8, 4) is 44.1 Å². The molecule has 0 atom stereocenters. The molecule has 6 nitrogen and oxygen atoms in total. The number of hydrogen-bond acceptors (Lipinski definition) is 6. The van der Waals surface area contributed by atoms with Gasteiger partial charge in [0.15, 0.2) is 0 Å². The lowest BCUT2D eigenvalue weighted by Crippen LogP contribution is -2.84. The van der Waals surface area contributed by atoms with Crippen LogP contribution in [0, 0.1) is 0 Å². The van der Waals surface area contributed by atoms with Crippen molar-refractivity contribution in [3.63, 3.8) is 0 Å². The van der Waals surface area contributed by atoms with E-state index in [1.165, 1.54) is 0 Å². The Morgan fingerprint density at radius 1 is 0.442 bits per heavy atom. The van der Waals surface area contributed by atoms with Gasteiger partial charge in [0.25, 0.3) is 9.66 Å². The maximum absolute atomic E-state index is 7.47. The van der Waals surface area contributed by atoms with Crippen molar-refractivity contribution in [1.82, 2.24) is 0 Å². The highest BCUT2D eigenvalue weighted by molar-refractivity contribution is 7.29. The molecule has 0 N–H and O–H groups in total. The first-order chi connectivity index (χ1) is 25.7. The third kappa shape index (κ3) is 4.31. The second-order valence-electron chi connectivity index (χ2n) is 13.3. The molecule has 2 aliphatic heterocycles. The maximum atomic E-state index is 7.47. The zero-order valence-electron chi connectivity index (χ0n) is 28.5. The molecule has 52 heavy (non-hydrogen) atoms. The van der Waals surface area contributed by atoms with Crippen molar-refractivity contribution < 1.29 is 27.7 Å². The number of aromatic nitrogens is 2. The van der Waals surface area contributed by atoms with E-state index < -0.39 is 13.0 Å². The molecular formula is C42H32B2N2O4S2. The van der Waals surface area contributed by atoms with Gasteiger partial charge in [0.1, 0.15) is 11.5 Å². The first-order valence-corrected chi connectivity index (χ1v) is 19.0. The van der Waals surface area contributed by atoms with Gasteiger partial charge in [-0.25, -0.2) is 0 Å². The summed E-state index contributed by atoms with van der Waals surface area (Å²) < 4.78 is 31.5. The lowest BCUT2D eigenvalue weighted by Gasteiger charge is -2.40. The van der Waals surface area contributed by atoms with E-state index in [0.29, 0.717) is 0 Å². The Balaban J connectivity index is 1.40. The molecule has 0 saturated carbocycles. The summed E-state index contributed by atoms with van der Waals surface area (Å²) in [6.07, 6.45) is 0. The lowest BCUT2D eigenvalue weighted by atomic mass is 9.40. The summed E-state index contributed by atoms with van der Waals surface area (Å²) in [7, 11) is 3.42. The Morgan fingerprint density at radius 2 is 0.769 bits per heavy atom. The molecule has 0 unspecified atom stereocenters. The van der Waals surface area contributed by atoms with E-state index in [2.05, 4.69) is 142 Å². The third-order valence-corrected chi connectivity index (χ3v) is 13.1. The Morgan fingerprint density at radius 3 is 1.08 bits per heavy atom. The quantitative estimate of drug-likeness (QED) is 0.202. The van der Waals surface area contributed by atoms with Crippen LogP contribution in [0.15, 0.2) is 158 Å². The third-order valence-electron chi connectivity index (χ3n) is 10.6. The van der Waals surface area contributed by atoms with E-state index in [0.717, 1.165) is 75.7 Å². The Labute approximate surface area is 309 Å². The molecule has 0 bridgehead atoms. The topological polar surface area (TPSA) is 44.7 Å². The number of nitrogens with zero attached hydrogens (tertiary/aromatic N) is 2. The molecule has 0 spiro atoms. The van der Waals surface area contributed by atoms with E-state index in [1.54, 1.807) is 36.9 Å². The number of benzene rings is 6. The number of ether oxygens (including phenoxy) is 2. The second-order valence-corrected chi connectivity index (χ2v) is 15.2. The molecule has 10 heteroatoms. The minimum atomic E-state index is -2.03. The molecule has 0 aliphatic carbocycles. The van der Waals surface area contributed by atoms with Crippen LogP contribution in [0.25, 0.3) is 30.8 Å². The van der Waals surface area contributed by atoms with Gasteiger partial charge >= 0.3 is 13.0 Å². The predicted octanol–water partition coefficient (Wildman–Crippen LogP) is 5.88. The predicted molar refractivity (Wildman–Crippen MR) is 212 cm³/mol. The van der Waals surface area contributed by atoms with Gasteiger partial charge in [-0.15, -0.1) is 0 Å². The summed E-state index contributed by atoms with van der Waals surface area (Å²) in [4.78, 5) is 2.18. The molecule has 4 heterocycles. The Bertz CT molecular complexity index is 2350. The van der Waals surface area contributed by atoms with Crippen LogP contribution >= 0.6 is 22.7 Å². The van der Waals surface area contributed by atoms with Crippen LogP contribution in [0.5, 0.6) is 23.0 Å². The first kappa shape index (κ1) is 30.9. The molecule has 2 aliphatic rings. The summed E-state index contributed by atoms with van der Waals surface area (Å²) in [6.45, 7) is -4.06. The molecule has 8 aromatic rings. The molecule has 2 aromatic heterocycles. The molecule has 10 rings (SSSR count). The van der Waals surface area contributed by atoms with Crippen molar-refractivity contribution in [3.05, 3.63) is 158 Å². The number of rotatable bonds is 6. The van der Waals surface area contributed by atoms with Gasteiger partial charge in [0.2, 0.25) is 10.0 Å². The molecule has 252 valence electrons. The highest BCUT2D eigenvalue weighted by atomic mass is 32.1. The lowest BCUT2D eigenvalue weighted by molar-refractivity contribution is -0.522. The van der Waals surface area contributed by atoms with Gasteiger partial charge in [-0.3, -0.25) is 0 Å². The Kier molecular flexibility index (Phi) is 7.06. The fourth-order valence-electron chi connectivity index (χ4n) is 8.28. The molecule has 0 fully saturated rings. The van der Waals surface area contributed by atoms with Gasteiger partial charge in [0, 0.05) is 0 Å². The monoisotopic (exact) mass is 714 g/mol. The molecule has 0 amide bonds. The van der Waals surface area contributed by atoms with Gasteiger partial charge in [-0.1, -0.05) is 143 Å². The highest BCUT2D eigenvalue weighted by Crippen LogP contribution is 2.46. The summed E-state index contributed by atoms with van der Waals surface area (Å²) in [5, 5.41) is 2.18. The summed E-state index contributed by atoms with van der Waals surface area (Å²) in [5.41, 5.74) is 6.31. The van der Waals surface area contributed by atoms with Crippen LogP contribution in [-0.2, 0) is 0 Å². The molecule has 6 aromatic carbocycles.